The summed E-state index contributed by atoms with van der Waals surface area (Å²) in [4.78, 5) is 40.4. The number of anilines is 2. The Morgan fingerprint density at radius 1 is 1.04 bits per heavy atom. The zero-order valence-electron chi connectivity index (χ0n) is 14.4. The lowest BCUT2D eigenvalue weighted by atomic mass is 10.1. The van der Waals surface area contributed by atoms with Crippen LogP contribution >= 0.6 is 0 Å². The maximum atomic E-state index is 12.7. The van der Waals surface area contributed by atoms with Gasteiger partial charge in [0, 0.05) is 0 Å². The number of fused-ring (bicyclic) bond motifs is 1. The first-order valence-corrected chi connectivity index (χ1v) is 7.91. The zero-order valence-corrected chi connectivity index (χ0v) is 14.4. The fourth-order valence-corrected chi connectivity index (χ4v) is 2.82. The normalized spacial score (nSPS) is 13.4. The topological polar surface area (TPSA) is 69.7 Å². The lowest BCUT2D eigenvalue weighted by molar-refractivity contribution is -0.116. The molecule has 0 aliphatic carbocycles. The Labute approximate surface area is 146 Å². The van der Waals surface area contributed by atoms with E-state index in [1.54, 1.807) is 55.4 Å². The average Bonchev–Trinajstić information content (AvgIpc) is 2.80. The summed E-state index contributed by atoms with van der Waals surface area (Å²) in [5.41, 5.74) is 2.46. The molecule has 128 valence electrons. The summed E-state index contributed by atoms with van der Waals surface area (Å²) in [6.07, 6.45) is 0. The van der Waals surface area contributed by atoms with E-state index in [0.717, 1.165) is 10.5 Å². The molecule has 2 aromatic carbocycles. The molecule has 0 atom stereocenters. The van der Waals surface area contributed by atoms with Crippen LogP contribution in [0.3, 0.4) is 0 Å². The van der Waals surface area contributed by atoms with E-state index in [2.05, 4.69) is 5.32 Å². The van der Waals surface area contributed by atoms with Crippen LogP contribution in [0.4, 0.5) is 11.4 Å². The van der Waals surface area contributed by atoms with Gasteiger partial charge in [0.25, 0.3) is 11.8 Å². The number of hydrogen-bond donors (Lipinski definition) is 1. The van der Waals surface area contributed by atoms with E-state index in [0.29, 0.717) is 22.5 Å². The minimum atomic E-state index is -0.380. The van der Waals surface area contributed by atoms with Gasteiger partial charge >= 0.3 is 0 Å². The summed E-state index contributed by atoms with van der Waals surface area (Å²) >= 11 is 0. The first-order valence-electron chi connectivity index (χ1n) is 7.91. The Hall–Kier alpha value is -2.99. The third-order valence-corrected chi connectivity index (χ3v) is 3.92. The second kappa shape index (κ2) is 6.49. The van der Waals surface area contributed by atoms with Crippen LogP contribution in [0.15, 0.2) is 42.5 Å². The average molecular weight is 337 g/mol. The van der Waals surface area contributed by atoms with Gasteiger partial charge in [0.1, 0.15) is 0 Å². The highest BCUT2D eigenvalue weighted by molar-refractivity contribution is 6.35. The quantitative estimate of drug-likeness (QED) is 0.869. The van der Waals surface area contributed by atoms with Crippen LogP contribution < -0.4 is 10.2 Å². The minimum absolute atomic E-state index is 0.204. The number of imide groups is 1. The van der Waals surface area contributed by atoms with E-state index in [1.165, 1.54) is 0 Å². The molecule has 0 unspecified atom stereocenters. The lowest BCUT2D eigenvalue weighted by Gasteiger charge is -2.20. The molecule has 1 aliphatic heterocycles. The first-order chi connectivity index (χ1) is 11.9. The van der Waals surface area contributed by atoms with Crippen LogP contribution in [0.25, 0.3) is 0 Å². The van der Waals surface area contributed by atoms with Crippen molar-refractivity contribution in [2.75, 3.05) is 30.9 Å². The molecule has 0 bridgehead atoms. The molecule has 3 rings (SSSR count). The summed E-state index contributed by atoms with van der Waals surface area (Å²) in [7, 11) is 3.58. The van der Waals surface area contributed by atoms with Crippen molar-refractivity contribution < 1.29 is 14.4 Å². The number of nitrogens with zero attached hydrogens (tertiary/aromatic N) is 2. The number of hydrogen-bond acceptors (Lipinski definition) is 4. The molecule has 1 N–H and O–H groups in total. The molecule has 1 heterocycles. The zero-order chi connectivity index (χ0) is 18.1. The number of likely N-dealkylation sites (N-methyl/N-ethyl adjacent to an activating group) is 1. The third-order valence-electron chi connectivity index (χ3n) is 3.92. The third kappa shape index (κ3) is 3.16. The smallest absolute Gasteiger partial charge is 0.266 e. The van der Waals surface area contributed by atoms with Gasteiger partial charge < -0.3 is 10.2 Å². The van der Waals surface area contributed by atoms with E-state index in [-0.39, 0.29) is 24.3 Å². The van der Waals surface area contributed by atoms with Gasteiger partial charge in [0.05, 0.1) is 29.0 Å². The fourth-order valence-electron chi connectivity index (χ4n) is 2.82. The Morgan fingerprint density at radius 2 is 1.64 bits per heavy atom. The summed E-state index contributed by atoms with van der Waals surface area (Å²) in [5.74, 6) is -0.977. The second-order valence-electron chi connectivity index (χ2n) is 6.30. The number of carbonyl (C=O) groups excluding carboxylic acids is 3. The number of nitrogens with one attached hydrogen (secondary N) is 1. The Kier molecular flexibility index (Phi) is 4.37. The van der Waals surface area contributed by atoms with Crippen LogP contribution in [0.2, 0.25) is 0 Å². The van der Waals surface area contributed by atoms with Crippen molar-refractivity contribution in [2.45, 2.75) is 6.92 Å². The molecule has 6 heteroatoms. The minimum Gasteiger partial charge on any atom is -0.323 e. The monoisotopic (exact) mass is 337 g/mol. The summed E-state index contributed by atoms with van der Waals surface area (Å²) < 4.78 is 0. The molecule has 0 fully saturated rings. The Balaban J connectivity index is 2.00. The SMILES string of the molecule is Cc1ccc(NC(=O)CN(C)C)c(N2C(=O)c3ccccc3C2=O)c1. The first kappa shape index (κ1) is 16.9. The van der Waals surface area contributed by atoms with Gasteiger partial charge in [-0.1, -0.05) is 18.2 Å². The maximum absolute atomic E-state index is 12.7. The molecule has 25 heavy (non-hydrogen) atoms. The molecule has 1 aliphatic rings. The Bertz CT molecular complexity index is 839. The van der Waals surface area contributed by atoms with E-state index in [1.807, 2.05) is 13.0 Å². The largest absolute Gasteiger partial charge is 0.323 e. The number of benzene rings is 2. The van der Waals surface area contributed by atoms with Crippen LogP contribution in [-0.4, -0.2) is 43.3 Å². The molecule has 6 nitrogen and oxygen atoms in total. The van der Waals surface area contributed by atoms with Crippen molar-refractivity contribution >= 4 is 29.1 Å². The van der Waals surface area contributed by atoms with E-state index in [4.69, 9.17) is 0 Å². The van der Waals surface area contributed by atoms with Crippen molar-refractivity contribution in [3.63, 3.8) is 0 Å². The standard InChI is InChI=1S/C19H19N3O3/c1-12-8-9-15(20-17(23)11-21(2)3)16(10-12)22-18(24)13-6-4-5-7-14(13)19(22)25/h4-10H,11H2,1-3H3,(H,20,23). The van der Waals surface area contributed by atoms with Crippen LogP contribution in [0.1, 0.15) is 26.3 Å². The molecule has 0 spiro atoms. The van der Waals surface area contributed by atoms with Gasteiger partial charge in [-0.3, -0.25) is 14.4 Å². The fraction of sp³-hybridized carbons (Fsp3) is 0.211. The second-order valence-corrected chi connectivity index (χ2v) is 6.30. The van der Waals surface area contributed by atoms with Crippen molar-refractivity contribution in [2.24, 2.45) is 0 Å². The summed E-state index contributed by atoms with van der Waals surface area (Å²) in [6, 6.07) is 12.0. The van der Waals surface area contributed by atoms with E-state index in [9.17, 15) is 14.4 Å². The number of carbonyl (C=O) groups is 3. The molecule has 0 saturated carbocycles. The molecule has 3 amide bonds. The number of aryl methyl sites for hydroxylation is 1. The maximum Gasteiger partial charge on any atom is 0.266 e. The molecule has 0 saturated heterocycles. The highest BCUT2D eigenvalue weighted by atomic mass is 16.2. The van der Waals surface area contributed by atoms with Crippen molar-refractivity contribution in [1.82, 2.24) is 4.90 Å². The Morgan fingerprint density at radius 3 is 2.20 bits per heavy atom. The van der Waals surface area contributed by atoms with E-state index < -0.39 is 0 Å². The van der Waals surface area contributed by atoms with Gasteiger partial charge in [0.2, 0.25) is 5.91 Å². The number of amides is 3. The van der Waals surface area contributed by atoms with Crippen molar-refractivity contribution in [1.29, 1.82) is 0 Å². The molecule has 0 radical (unpaired) electrons. The summed E-state index contributed by atoms with van der Waals surface area (Å²) in [5, 5.41) is 2.79. The van der Waals surface area contributed by atoms with Gasteiger partial charge in [-0.2, -0.15) is 0 Å². The van der Waals surface area contributed by atoms with Crippen LogP contribution in [0, 0.1) is 6.92 Å². The lowest BCUT2D eigenvalue weighted by Crippen LogP contribution is -2.32. The molecular formula is C19H19N3O3. The van der Waals surface area contributed by atoms with Crippen LogP contribution in [-0.2, 0) is 4.79 Å². The van der Waals surface area contributed by atoms with Crippen molar-refractivity contribution in [3.8, 4) is 0 Å². The van der Waals surface area contributed by atoms with Crippen LogP contribution in [0.5, 0.6) is 0 Å². The molecular weight excluding hydrogens is 318 g/mol. The highest BCUT2D eigenvalue weighted by Crippen LogP contribution is 2.34. The molecule has 2 aromatic rings. The van der Waals surface area contributed by atoms with E-state index >= 15 is 0 Å². The van der Waals surface area contributed by atoms with Gasteiger partial charge in [-0.05, 0) is 50.8 Å². The summed E-state index contributed by atoms with van der Waals surface area (Å²) in [6.45, 7) is 2.07. The highest BCUT2D eigenvalue weighted by Gasteiger charge is 2.37. The van der Waals surface area contributed by atoms with Gasteiger partial charge in [0.15, 0.2) is 0 Å². The predicted molar refractivity (Wildman–Crippen MR) is 95.9 cm³/mol. The molecule has 0 aromatic heterocycles. The van der Waals surface area contributed by atoms with Gasteiger partial charge in [-0.15, -0.1) is 0 Å². The van der Waals surface area contributed by atoms with Crippen molar-refractivity contribution in [3.05, 3.63) is 59.2 Å². The predicted octanol–water partition coefficient (Wildman–Crippen LogP) is 2.30. The van der Waals surface area contributed by atoms with Gasteiger partial charge in [-0.25, -0.2) is 4.90 Å². The number of rotatable bonds is 4.